The van der Waals surface area contributed by atoms with Crippen molar-refractivity contribution in [1.82, 2.24) is 9.21 Å². The van der Waals surface area contributed by atoms with Gasteiger partial charge in [0, 0.05) is 44.0 Å². The summed E-state index contributed by atoms with van der Waals surface area (Å²) in [5, 5.41) is 11.6. The number of sulfonamides is 1. The molecule has 2 saturated carbocycles. The highest BCUT2D eigenvalue weighted by atomic mass is 32.2. The molecule has 0 radical (unpaired) electrons. The lowest BCUT2D eigenvalue weighted by Gasteiger charge is -2.39. The van der Waals surface area contributed by atoms with E-state index in [2.05, 4.69) is 0 Å². The number of carboxylic acids is 1. The van der Waals surface area contributed by atoms with E-state index < -0.39 is 27.8 Å². The Hall–Kier alpha value is -1.93. The van der Waals surface area contributed by atoms with Crippen LogP contribution in [0.5, 0.6) is 0 Å². The summed E-state index contributed by atoms with van der Waals surface area (Å²) in [5.74, 6) is -2.31. The summed E-state index contributed by atoms with van der Waals surface area (Å²) in [6, 6.07) is 5.37. The maximum atomic E-state index is 13.1. The van der Waals surface area contributed by atoms with Gasteiger partial charge in [0.1, 0.15) is 0 Å². The predicted molar refractivity (Wildman–Crippen MR) is 104 cm³/mol. The van der Waals surface area contributed by atoms with Crippen LogP contribution in [0.4, 0.5) is 0 Å². The fraction of sp³-hybridized carbons (Fsp3) is 0.619. The number of piperazine rings is 1. The van der Waals surface area contributed by atoms with Crippen LogP contribution >= 0.6 is 0 Å². The molecule has 8 heteroatoms. The molecule has 2 bridgehead atoms. The standard InChI is InChI=1S/C21H28N2O5S/c1-13-3-4-14(2)17(11-13)29(27,28)23-9-7-22(8-10-23)20(24)18-15-5-6-16(12-15)19(18)21(25)26/h3-4,11,15-16,18-19H,5-10,12H2,1-2H3,(H,25,26)/p-1/t15-,16-,18+,19+/m1/s1. The van der Waals surface area contributed by atoms with E-state index >= 15 is 0 Å². The Morgan fingerprint density at radius 1 is 1.00 bits per heavy atom. The van der Waals surface area contributed by atoms with Gasteiger partial charge in [0.05, 0.1) is 4.90 Å². The van der Waals surface area contributed by atoms with Crippen molar-refractivity contribution in [2.75, 3.05) is 26.2 Å². The van der Waals surface area contributed by atoms with E-state index in [1.807, 2.05) is 13.0 Å². The first-order chi connectivity index (χ1) is 13.7. The van der Waals surface area contributed by atoms with Crippen LogP contribution in [0.2, 0.25) is 0 Å². The highest BCUT2D eigenvalue weighted by molar-refractivity contribution is 7.89. The second-order valence-electron chi connectivity index (χ2n) is 8.70. The van der Waals surface area contributed by atoms with E-state index in [-0.39, 0.29) is 43.9 Å². The molecule has 158 valence electrons. The molecular weight excluding hydrogens is 392 g/mol. The van der Waals surface area contributed by atoms with Gasteiger partial charge < -0.3 is 14.8 Å². The van der Waals surface area contributed by atoms with Gasteiger partial charge in [-0.05, 0) is 62.1 Å². The van der Waals surface area contributed by atoms with Crippen LogP contribution < -0.4 is 5.11 Å². The van der Waals surface area contributed by atoms with Crippen LogP contribution in [0.15, 0.2) is 23.1 Å². The Bertz CT molecular complexity index is 936. The van der Waals surface area contributed by atoms with Crippen LogP contribution in [-0.2, 0) is 19.6 Å². The second kappa shape index (κ2) is 7.40. The van der Waals surface area contributed by atoms with Gasteiger partial charge in [-0.3, -0.25) is 4.79 Å². The third kappa shape index (κ3) is 3.46. The zero-order valence-electron chi connectivity index (χ0n) is 16.8. The van der Waals surface area contributed by atoms with E-state index in [1.54, 1.807) is 24.0 Å². The van der Waals surface area contributed by atoms with Crippen molar-refractivity contribution < 1.29 is 23.1 Å². The summed E-state index contributed by atoms with van der Waals surface area (Å²) < 4.78 is 27.6. The van der Waals surface area contributed by atoms with Crippen molar-refractivity contribution in [3.05, 3.63) is 29.3 Å². The minimum absolute atomic E-state index is 0.0462. The number of carboxylic acid groups (broad SMARTS) is 1. The quantitative estimate of drug-likeness (QED) is 0.710. The minimum atomic E-state index is -3.62. The topological polar surface area (TPSA) is 97.8 Å². The van der Waals surface area contributed by atoms with E-state index in [0.29, 0.717) is 10.5 Å². The summed E-state index contributed by atoms with van der Waals surface area (Å²) in [4.78, 5) is 26.7. The molecule has 1 aliphatic heterocycles. The van der Waals surface area contributed by atoms with Crippen LogP contribution in [0.3, 0.4) is 0 Å². The number of carbonyl (C=O) groups excluding carboxylic acids is 2. The lowest BCUT2D eigenvalue weighted by molar-refractivity contribution is -0.314. The third-order valence-corrected chi connectivity index (χ3v) is 9.03. The van der Waals surface area contributed by atoms with Gasteiger partial charge in [-0.2, -0.15) is 4.31 Å². The van der Waals surface area contributed by atoms with Crippen molar-refractivity contribution in [1.29, 1.82) is 0 Å². The van der Waals surface area contributed by atoms with E-state index in [9.17, 15) is 23.1 Å². The van der Waals surface area contributed by atoms with Gasteiger partial charge >= 0.3 is 0 Å². The zero-order valence-corrected chi connectivity index (χ0v) is 17.7. The normalized spacial score (nSPS) is 29.9. The smallest absolute Gasteiger partial charge is 0.243 e. The number of aliphatic carboxylic acids is 1. The first kappa shape index (κ1) is 20.3. The lowest BCUT2D eigenvalue weighted by Crippen LogP contribution is -2.54. The maximum Gasteiger partial charge on any atom is 0.243 e. The highest BCUT2D eigenvalue weighted by Crippen LogP contribution is 2.52. The molecule has 1 saturated heterocycles. The molecule has 0 unspecified atom stereocenters. The van der Waals surface area contributed by atoms with Crippen LogP contribution in [0, 0.1) is 37.5 Å². The molecule has 1 aromatic rings. The molecule has 3 aliphatic rings. The first-order valence-electron chi connectivity index (χ1n) is 10.3. The number of aryl methyl sites for hydroxylation is 2. The van der Waals surface area contributed by atoms with E-state index in [4.69, 9.17) is 0 Å². The Labute approximate surface area is 171 Å². The molecule has 1 amide bonds. The molecule has 1 aromatic carbocycles. The molecule has 0 aromatic heterocycles. The van der Waals surface area contributed by atoms with Gasteiger partial charge in [0.15, 0.2) is 0 Å². The van der Waals surface area contributed by atoms with Gasteiger partial charge in [-0.15, -0.1) is 0 Å². The monoisotopic (exact) mass is 419 g/mol. The van der Waals surface area contributed by atoms with Crippen molar-refractivity contribution in [3.63, 3.8) is 0 Å². The number of benzene rings is 1. The van der Waals surface area contributed by atoms with Crippen molar-refractivity contribution in [2.24, 2.45) is 23.7 Å². The number of nitrogens with zero attached hydrogens (tertiary/aromatic N) is 2. The molecular formula is C21H27N2O5S-. The number of rotatable bonds is 4. The summed E-state index contributed by atoms with van der Waals surface area (Å²) in [5.41, 5.74) is 1.58. The largest absolute Gasteiger partial charge is 0.550 e. The summed E-state index contributed by atoms with van der Waals surface area (Å²) in [7, 11) is -3.62. The number of amides is 1. The van der Waals surface area contributed by atoms with E-state index in [0.717, 1.165) is 24.8 Å². The van der Waals surface area contributed by atoms with Gasteiger partial charge in [-0.25, -0.2) is 8.42 Å². The number of hydrogen-bond acceptors (Lipinski definition) is 5. The zero-order chi connectivity index (χ0) is 20.9. The molecule has 0 spiro atoms. The molecule has 4 atom stereocenters. The van der Waals surface area contributed by atoms with Gasteiger partial charge in [0.2, 0.25) is 15.9 Å². The highest BCUT2D eigenvalue weighted by Gasteiger charge is 2.52. The Morgan fingerprint density at radius 2 is 1.62 bits per heavy atom. The fourth-order valence-corrected chi connectivity index (χ4v) is 7.20. The Kier molecular flexibility index (Phi) is 5.19. The average Bonchev–Trinajstić information content (AvgIpc) is 3.31. The molecule has 29 heavy (non-hydrogen) atoms. The van der Waals surface area contributed by atoms with E-state index in [1.165, 1.54) is 4.31 Å². The lowest BCUT2D eigenvalue weighted by atomic mass is 9.78. The van der Waals surface area contributed by atoms with Crippen LogP contribution in [0.1, 0.15) is 30.4 Å². The molecule has 2 aliphatic carbocycles. The van der Waals surface area contributed by atoms with Crippen molar-refractivity contribution >= 4 is 21.9 Å². The van der Waals surface area contributed by atoms with Crippen LogP contribution in [-0.4, -0.2) is 55.7 Å². The van der Waals surface area contributed by atoms with Gasteiger partial charge in [0.25, 0.3) is 0 Å². The fourth-order valence-electron chi connectivity index (χ4n) is 5.47. The number of fused-ring (bicyclic) bond motifs is 2. The second-order valence-corrected chi connectivity index (χ2v) is 10.6. The SMILES string of the molecule is Cc1ccc(C)c(S(=O)(=O)N2CCN(C(=O)[C@H]3[C@@H]4CC[C@H](C4)[C@@H]3C(=O)[O-])CC2)c1. The molecule has 4 rings (SSSR count). The predicted octanol–water partition coefficient (Wildman–Crippen LogP) is 0.549. The number of carbonyl (C=O) groups is 2. The molecule has 3 fully saturated rings. The minimum Gasteiger partial charge on any atom is -0.550 e. The van der Waals surface area contributed by atoms with Gasteiger partial charge in [-0.1, -0.05) is 12.1 Å². The Morgan fingerprint density at radius 3 is 2.24 bits per heavy atom. The van der Waals surface area contributed by atoms with Crippen molar-refractivity contribution in [3.8, 4) is 0 Å². The Balaban J connectivity index is 1.46. The molecule has 1 heterocycles. The first-order valence-corrected chi connectivity index (χ1v) is 11.7. The molecule has 0 N–H and O–H groups in total. The summed E-state index contributed by atoms with van der Waals surface area (Å²) >= 11 is 0. The summed E-state index contributed by atoms with van der Waals surface area (Å²) in [6.07, 6.45) is 2.54. The third-order valence-electron chi connectivity index (χ3n) is 6.99. The average molecular weight is 420 g/mol. The molecule has 7 nitrogen and oxygen atoms in total. The maximum absolute atomic E-state index is 13.1. The summed E-state index contributed by atoms with van der Waals surface area (Å²) in [6.45, 7) is 4.66. The number of hydrogen-bond donors (Lipinski definition) is 0. The van der Waals surface area contributed by atoms with Crippen LogP contribution in [0.25, 0.3) is 0 Å². The van der Waals surface area contributed by atoms with Crippen molar-refractivity contribution in [2.45, 2.75) is 38.0 Å².